The van der Waals surface area contributed by atoms with E-state index in [1.54, 1.807) is 14.2 Å². The van der Waals surface area contributed by atoms with E-state index < -0.39 is 0 Å². The normalized spacial score (nSPS) is 9.88. The van der Waals surface area contributed by atoms with Gasteiger partial charge < -0.3 is 9.47 Å². The molecule has 0 N–H and O–H groups in total. The fourth-order valence-electron chi connectivity index (χ4n) is 1.50. The first-order valence-corrected chi connectivity index (χ1v) is 5.03. The third-order valence-electron chi connectivity index (χ3n) is 2.43. The second-order valence-electron chi connectivity index (χ2n) is 3.37. The second kappa shape index (κ2) is 4.71. The van der Waals surface area contributed by atoms with Crippen molar-refractivity contribution in [1.29, 1.82) is 0 Å². The van der Waals surface area contributed by atoms with Gasteiger partial charge in [-0.15, -0.1) is 0 Å². The summed E-state index contributed by atoms with van der Waals surface area (Å²) in [5.74, 6) is 1.61. The van der Waals surface area contributed by atoms with Gasteiger partial charge in [0.1, 0.15) is 11.5 Å². The molecule has 0 saturated heterocycles. The summed E-state index contributed by atoms with van der Waals surface area (Å²) >= 11 is 0. The van der Waals surface area contributed by atoms with Crippen LogP contribution in [0, 0.1) is 6.07 Å². The molecule has 0 atom stereocenters. The molecule has 0 bridgehead atoms. The van der Waals surface area contributed by atoms with Crippen molar-refractivity contribution in [2.75, 3.05) is 14.2 Å². The van der Waals surface area contributed by atoms with Gasteiger partial charge in [-0.2, -0.15) is 0 Å². The van der Waals surface area contributed by atoms with Crippen LogP contribution in [0.25, 0.3) is 11.1 Å². The van der Waals surface area contributed by atoms with E-state index in [0.29, 0.717) is 0 Å². The molecule has 0 spiro atoms. The maximum Gasteiger partial charge on any atom is 0.126 e. The highest BCUT2D eigenvalue weighted by Gasteiger charge is 1.98. The molecule has 16 heavy (non-hydrogen) atoms. The molecule has 0 aliphatic rings. The molecule has 0 fully saturated rings. The predicted octanol–water partition coefficient (Wildman–Crippen LogP) is 3.17. The van der Waals surface area contributed by atoms with Crippen LogP contribution in [0.15, 0.2) is 42.5 Å². The van der Waals surface area contributed by atoms with Gasteiger partial charge in [-0.3, -0.25) is 0 Å². The summed E-state index contributed by atoms with van der Waals surface area (Å²) < 4.78 is 10.2. The molecule has 0 unspecified atom stereocenters. The SMILES string of the molecule is COc1[c]cc(-c2ccc(OC)cc2)cc1. The molecule has 2 rings (SSSR count). The van der Waals surface area contributed by atoms with Crippen molar-refractivity contribution >= 4 is 0 Å². The van der Waals surface area contributed by atoms with Gasteiger partial charge in [-0.05, 0) is 35.4 Å². The van der Waals surface area contributed by atoms with E-state index in [1.807, 2.05) is 42.5 Å². The predicted molar refractivity (Wildman–Crippen MR) is 63.8 cm³/mol. The van der Waals surface area contributed by atoms with Gasteiger partial charge >= 0.3 is 0 Å². The zero-order valence-corrected chi connectivity index (χ0v) is 9.36. The van der Waals surface area contributed by atoms with Gasteiger partial charge in [0, 0.05) is 6.07 Å². The first kappa shape index (κ1) is 10.6. The molecule has 2 aromatic rings. The van der Waals surface area contributed by atoms with E-state index in [9.17, 15) is 0 Å². The highest BCUT2D eigenvalue weighted by Crippen LogP contribution is 2.23. The van der Waals surface area contributed by atoms with Crippen LogP contribution in [0.1, 0.15) is 0 Å². The first-order valence-electron chi connectivity index (χ1n) is 5.03. The Balaban J connectivity index is 2.28. The van der Waals surface area contributed by atoms with Crippen molar-refractivity contribution in [3.8, 4) is 22.6 Å². The molecule has 0 saturated carbocycles. The van der Waals surface area contributed by atoms with Gasteiger partial charge in [0.2, 0.25) is 0 Å². The van der Waals surface area contributed by atoms with E-state index in [0.717, 1.165) is 22.6 Å². The second-order valence-corrected chi connectivity index (χ2v) is 3.37. The summed E-state index contributed by atoms with van der Waals surface area (Å²) in [5, 5.41) is 0. The average Bonchev–Trinajstić information content (AvgIpc) is 2.39. The monoisotopic (exact) mass is 213 g/mol. The highest BCUT2D eigenvalue weighted by atomic mass is 16.5. The van der Waals surface area contributed by atoms with E-state index in [-0.39, 0.29) is 0 Å². The Kier molecular flexibility index (Phi) is 3.10. The lowest BCUT2D eigenvalue weighted by Crippen LogP contribution is -1.84. The lowest BCUT2D eigenvalue weighted by Gasteiger charge is -2.04. The molecule has 1 radical (unpaired) electrons. The molecule has 0 aromatic heterocycles. The molecule has 0 aliphatic carbocycles. The van der Waals surface area contributed by atoms with Crippen molar-refractivity contribution in [3.63, 3.8) is 0 Å². The third-order valence-corrected chi connectivity index (χ3v) is 2.43. The van der Waals surface area contributed by atoms with Crippen LogP contribution in [0.3, 0.4) is 0 Å². The van der Waals surface area contributed by atoms with Gasteiger partial charge in [-0.25, -0.2) is 0 Å². The van der Waals surface area contributed by atoms with Gasteiger partial charge in [0.15, 0.2) is 0 Å². The van der Waals surface area contributed by atoms with E-state index >= 15 is 0 Å². The van der Waals surface area contributed by atoms with Crippen LogP contribution >= 0.6 is 0 Å². The summed E-state index contributed by atoms with van der Waals surface area (Å²) in [7, 11) is 3.30. The zero-order chi connectivity index (χ0) is 11.4. The fraction of sp³-hybridized carbons (Fsp3) is 0.143. The van der Waals surface area contributed by atoms with Crippen molar-refractivity contribution in [2.24, 2.45) is 0 Å². The van der Waals surface area contributed by atoms with Crippen molar-refractivity contribution in [1.82, 2.24) is 0 Å². The van der Waals surface area contributed by atoms with Crippen LogP contribution < -0.4 is 9.47 Å². The Bertz CT molecular complexity index is 398. The molecule has 2 nitrogen and oxygen atoms in total. The van der Waals surface area contributed by atoms with Crippen LogP contribution in [0.5, 0.6) is 11.5 Å². The van der Waals surface area contributed by atoms with Gasteiger partial charge in [0.05, 0.1) is 14.2 Å². The number of methoxy groups -OCH3 is 2. The minimum absolute atomic E-state index is 0.747. The van der Waals surface area contributed by atoms with Gasteiger partial charge in [0.25, 0.3) is 0 Å². The summed E-state index contributed by atoms with van der Waals surface area (Å²) in [5.41, 5.74) is 2.25. The standard InChI is InChI=1S/C14H13O2/c1-15-13-7-3-11(4-8-13)12-5-9-14(16-2)10-6-12/h3-9H,1-2H3. The average molecular weight is 213 g/mol. The molecule has 81 valence electrons. The fourth-order valence-corrected chi connectivity index (χ4v) is 1.50. The summed E-state index contributed by atoms with van der Waals surface area (Å²) in [4.78, 5) is 0. The van der Waals surface area contributed by atoms with Crippen LogP contribution in [-0.4, -0.2) is 14.2 Å². The van der Waals surface area contributed by atoms with Crippen LogP contribution in [0.2, 0.25) is 0 Å². The Labute approximate surface area is 95.4 Å². The maximum absolute atomic E-state index is 5.11. The zero-order valence-electron chi connectivity index (χ0n) is 9.36. The van der Waals surface area contributed by atoms with E-state index in [4.69, 9.17) is 9.47 Å². The number of benzene rings is 2. The Morgan fingerprint density at radius 3 is 2.00 bits per heavy atom. The van der Waals surface area contributed by atoms with Crippen molar-refractivity contribution in [3.05, 3.63) is 48.5 Å². The Morgan fingerprint density at radius 2 is 1.50 bits per heavy atom. The Hall–Kier alpha value is -1.96. The molecule has 0 amide bonds. The van der Waals surface area contributed by atoms with Crippen molar-refractivity contribution < 1.29 is 9.47 Å². The smallest absolute Gasteiger partial charge is 0.126 e. The molecule has 2 heteroatoms. The summed E-state index contributed by atoms with van der Waals surface area (Å²) in [6, 6.07) is 16.8. The molecule has 2 aromatic carbocycles. The number of ether oxygens (including phenoxy) is 2. The number of rotatable bonds is 3. The van der Waals surface area contributed by atoms with Crippen LogP contribution in [-0.2, 0) is 0 Å². The first-order chi connectivity index (χ1) is 7.83. The number of hydrogen-bond donors (Lipinski definition) is 0. The highest BCUT2D eigenvalue weighted by molar-refractivity contribution is 5.64. The van der Waals surface area contributed by atoms with Gasteiger partial charge in [-0.1, -0.05) is 18.2 Å². The third kappa shape index (κ3) is 2.16. The topological polar surface area (TPSA) is 18.5 Å². The minimum atomic E-state index is 0.747. The Morgan fingerprint density at radius 1 is 0.812 bits per heavy atom. The molecular formula is C14H13O2. The molecule has 0 aliphatic heterocycles. The summed E-state index contributed by atoms with van der Waals surface area (Å²) in [6.07, 6.45) is 0. The summed E-state index contributed by atoms with van der Waals surface area (Å²) in [6.45, 7) is 0. The minimum Gasteiger partial charge on any atom is -0.497 e. The van der Waals surface area contributed by atoms with E-state index in [1.165, 1.54) is 0 Å². The largest absolute Gasteiger partial charge is 0.497 e. The van der Waals surface area contributed by atoms with Crippen LogP contribution in [0.4, 0.5) is 0 Å². The van der Waals surface area contributed by atoms with Crippen molar-refractivity contribution in [2.45, 2.75) is 0 Å². The van der Waals surface area contributed by atoms with E-state index in [2.05, 4.69) is 6.07 Å². The maximum atomic E-state index is 5.11. The quantitative estimate of drug-likeness (QED) is 0.779. The molecule has 0 heterocycles. The lowest BCUT2D eigenvalue weighted by atomic mass is 10.1. The number of hydrogen-bond acceptors (Lipinski definition) is 2. The molecular weight excluding hydrogens is 200 g/mol. The lowest BCUT2D eigenvalue weighted by molar-refractivity contribution is 0.414.